The maximum absolute atomic E-state index is 5.72. The molecule has 3 rings (SSSR count). The van der Waals surface area contributed by atoms with Crippen molar-refractivity contribution in [2.24, 2.45) is 4.99 Å². The molecule has 7 heteroatoms. The van der Waals surface area contributed by atoms with E-state index in [1.54, 1.807) is 7.05 Å². The molecule has 0 bridgehead atoms. The number of hydrogen-bond donors (Lipinski definition) is 2. The van der Waals surface area contributed by atoms with Gasteiger partial charge in [-0.3, -0.25) is 4.99 Å². The number of fused-ring (bicyclic) bond motifs is 1. The lowest BCUT2D eigenvalue weighted by Crippen LogP contribution is -2.43. The molecule has 0 spiro atoms. The number of halogens is 1. The average molecular weight is 433 g/mol. The molecular formula is C16H24IN3O3. The van der Waals surface area contributed by atoms with Crippen molar-refractivity contribution >= 4 is 29.9 Å². The highest BCUT2D eigenvalue weighted by atomic mass is 127. The average Bonchev–Trinajstić information content (AvgIpc) is 3.21. The molecule has 1 fully saturated rings. The Morgan fingerprint density at radius 2 is 2.04 bits per heavy atom. The van der Waals surface area contributed by atoms with Crippen molar-refractivity contribution in [3.63, 3.8) is 0 Å². The predicted molar refractivity (Wildman–Crippen MR) is 100 cm³/mol. The zero-order valence-corrected chi connectivity index (χ0v) is 15.7. The van der Waals surface area contributed by atoms with Gasteiger partial charge in [0.25, 0.3) is 0 Å². The van der Waals surface area contributed by atoms with Crippen LogP contribution in [0.5, 0.6) is 17.2 Å². The lowest BCUT2D eigenvalue weighted by atomic mass is 10.2. The topological polar surface area (TPSA) is 64.1 Å². The smallest absolute Gasteiger partial charge is 0.231 e. The third-order valence-electron chi connectivity index (χ3n) is 3.93. The molecule has 1 aliphatic heterocycles. The van der Waals surface area contributed by atoms with E-state index < -0.39 is 0 Å². The number of nitrogens with zero attached hydrogens (tertiary/aromatic N) is 1. The Balaban J connectivity index is 0.00000192. The van der Waals surface area contributed by atoms with Crippen molar-refractivity contribution in [2.75, 3.05) is 27.0 Å². The molecule has 0 saturated heterocycles. The SMILES string of the molecule is CN=C(NCCOc1ccc2c(c1)OCO2)NC1CCCC1.I. The van der Waals surface area contributed by atoms with Gasteiger partial charge in [-0.05, 0) is 25.0 Å². The van der Waals surface area contributed by atoms with Crippen LogP contribution < -0.4 is 24.8 Å². The fourth-order valence-corrected chi connectivity index (χ4v) is 2.76. The molecule has 2 N–H and O–H groups in total. The molecule has 0 aromatic heterocycles. The van der Waals surface area contributed by atoms with Gasteiger partial charge in [0.05, 0.1) is 6.54 Å². The van der Waals surface area contributed by atoms with Crippen molar-refractivity contribution in [2.45, 2.75) is 31.7 Å². The van der Waals surface area contributed by atoms with Crippen molar-refractivity contribution < 1.29 is 14.2 Å². The molecule has 1 saturated carbocycles. The van der Waals surface area contributed by atoms with Crippen molar-refractivity contribution in [3.05, 3.63) is 18.2 Å². The van der Waals surface area contributed by atoms with Gasteiger partial charge in [-0.2, -0.15) is 0 Å². The van der Waals surface area contributed by atoms with Crippen molar-refractivity contribution in [3.8, 4) is 17.2 Å². The van der Waals surface area contributed by atoms with Crippen LogP contribution in [-0.2, 0) is 0 Å². The van der Waals surface area contributed by atoms with Gasteiger partial charge in [0.1, 0.15) is 12.4 Å². The highest BCUT2D eigenvalue weighted by molar-refractivity contribution is 14.0. The first-order valence-electron chi connectivity index (χ1n) is 7.85. The molecule has 0 unspecified atom stereocenters. The molecule has 23 heavy (non-hydrogen) atoms. The standard InChI is InChI=1S/C16H23N3O3.HI/c1-17-16(19-12-4-2-3-5-12)18-8-9-20-13-6-7-14-15(10-13)22-11-21-14;/h6-7,10,12H,2-5,8-9,11H2,1H3,(H2,17,18,19);1H. The minimum absolute atomic E-state index is 0. The summed E-state index contributed by atoms with van der Waals surface area (Å²) in [5, 5.41) is 6.72. The maximum atomic E-state index is 5.72. The number of benzene rings is 1. The normalized spacial score (nSPS) is 16.8. The predicted octanol–water partition coefficient (Wildman–Crippen LogP) is 2.52. The third kappa shape index (κ3) is 5.05. The van der Waals surface area contributed by atoms with E-state index in [-0.39, 0.29) is 30.8 Å². The van der Waals surface area contributed by atoms with E-state index in [2.05, 4.69) is 15.6 Å². The molecule has 6 nitrogen and oxygen atoms in total. The van der Waals surface area contributed by atoms with Crippen LogP contribution in [0.3, 0.4) is 0 Å². The summed E-state index contributed by atoms with van der Waals surface area (Å²) in [5.74, 6) is 3.14. The van der Waals surface area contributed by atoms with Gasteiger partial charge in [0.15, 0.2) is 17.5 Å². The van der Waals surface area contributed by atoms with E-state index in [0.29, 0.717) is 19.2 Å². The lowest BCUT2D eigenvalue weighted by molar-refractivity contribution is 0.173. The van der Waals surface area contributed by atoms with Crippen LogP contribution in [0.1, 0.15) is 25.7 Å². The summed E-state index contributed by atoms with van der Waals surface area (Å²) in [4.78, 5) is 4.25. The summed E-state index contributed by atoms with van der Waals surface area (Å²) in [6, 6.07) is 6.17. The highest BCUT2D eigenvalue weighted by Gasteiger charge is 2.16. The van der Waals surface area contributed by atoms with Gasteiger partial charge < -0.3 is 24.8 Å². The summed E-state index contributed by atoms with van der Waals surface area (Å²) >= 11 is 0. The molecule has 128 valence electrons. The fraction of sp³-hybridized carbons (Fsp3) is 0.562. The number of ether oxygens (including phenoxy) is 3. The molecule has 1 aromatic carbocycles. The monoisotopic (exact) mass is 433 g/mol. The minimum Gasteiger partial charge on any atom is -0.492 e. The van der Waals surface area contributed by atoms with E-state index in [1.165, 1.54) is 25.7 Å². The van der Waals surface area contributed by atoms with Gasteiger partial charge in [-0.25, -0.2) is 0 Å². The number of guanidine groups is 1. The van der Waals surface area contributed by atoms with Crippen LogP contribution >= 0.6 is 24.0 Å². The van der Waals surface area contributed by atoms with Crippen LogP contribution in [0.15, 0.2) is 23.2 Å². The summed E-state index contributed by atoms with van der Waals surface area (Å²) in [6.07, 6.45) is 5.08. The number of hydrogen-bond acceptors (Lipinski definition) is 4. The first-order valence-corrected chi connectivity index (χ1v) is 7.85. The number of nitrogens with one attached hydrogen (secondary N) is 2. The molecular weight excluding hydrogens is 409 g/mol. The van der Waals surface area contributed by atoms with Crippen molar-refractivity contribution in [1.82, 2.24) is 10.6 Å². The van der Waals surface area contributed by atoms with E-state index in [9.17, 15) is 0 Å². The molecule has 1 aromatic rings. The lowest BCUT2D eigenvalue weighted by Gasteiger charge is -2.17. The van der Waals surface area contributed by atoms with Crippen LogP contribution in [-0.4, -0.2) is 39.0 Å². The second-order valence-electron chi connectivity index (χ2n) is 5.49. The zero-order chi connectivity index (χ0) is 15.2. The van der Waals surface area contributed by atoms with Crippen LogP contribution in [0, 0.1) is 0 Å². The summed E-state index contributed by atoms with van der Waals surface area (Å²) in [6.45, 7) is 1.54. The Morgan fingerprint density at radius 1 is 1.26 bits per heavy atom. The van der Waals surface area contributed by atoms with E-state index >= 15 is 0 Å². The number of aliphatic imine (C=N–C) groups is 1. The van der Waals surface area contributed by atoms with Gasteiger partial charge in [-0.1, -0.05) is 12.8 Å². The molecule has 1 aliphatic carbocycles. The quantitative estimate of drug-likeness (QED) is 0.324. The molecule has 0 amide bonds. The molecule has 0 radical (unpaired) electrons. The molecule has 1 heterocycles. The van der Waals surface area contributed by atoms with E-state index in [4.69, 9.17) is 14.2 Å². The number of rotatable bonds is 5. The van der Waals surface area contributed by atoms with Crippen LogP contribution in [0.2, 0.25) is 0 Å². The van der Waals surface area contributed by atoms with Gasteiger partial charge in [0, 0.05) is 19.2 Å². The first kappa shape index (κ1) is 18.0. The van der Waals surface area contributed by atoms with Gasteiger partial charge in [-0.15, -0.1) is 24.0 Å². The van der Waals surface area contributed by atoms with Gasteiger partial charge >= 0.3 is 0 Å². The second-order valence-corrected chi connectivity index (χ2v) is 5.49. The Labute approximate surface area is 154 Å². The summed E-state index contributed by atoms with van der Waals surface area (Å²) < 4.78 is 16.3. The van der Waals surface area contributed by atoms with Crippen molar-refractivity contribution in [1.29, 1.82) is 0 Å². The first-order chi connectivity index (χ1) is 10.8. The minimum atomic E-state index is 0. The van der Waals surface area contributed by atoms with Crippen LogP contribution in [0.25, 0.3) is 0 Å². The van der Waals surface area contributed by atoms with E-state index in [1.807, 2.05) is 18.2 Å². The van der Waals surface area contributed by atoms with E-state index in [0.717, 1.165) is 23.2 Å². The van der Waals surface area contributed by atoms with Gasteiger partial charge in [0.2, 0.25) is 6.79 Å². The Kier molecular flexibility index (Phi) is 7.07. The van der Waals surface area contributed by atoms with Crippen LogP contribution in [0.4, 0.5) is 0 Å². The second kappa shape index (κ2) is 9.05. The highest BCUT2D eigenvalue weighted by Crippen LogP contribution is 2.34. The Morgan fingerprint density at radius 3 is 2.83 bits per heavy atom. The summed E-state index contributed by atoms with van der Waals surface area (Å²) in [5.41, 5.74) is 0. The third-order valence-corrected chi connectivity index (χ3v) is 3.93. The fourth-order valence-electron chi connectivity index (χ4n) is 2.76. The summed E-state index contributed by atoms with van der Waals surface area (Å²) in [7, 11) is 1.79. The maximum Gasteiger partial charge on any atom is 0.231 e. The molecule has 0 atom stereocenters. The molecule has 2 aliphatic rings. The Bertz CT molecular complexity index is 533. The Hall–Kier alpha value is -1.38. The largest absolute Gasteiger partial charge is 0.492 e. The zero-order valence-electron chi connectivity index (χ0n) is 13.3.